The van der Waals surface area contributed by atoms with Gasteiger partial charge in [-0.05, 0) is 47.2 Å². The molecule has 1 nitrogen and oxygen atoms in total. The molecule has 0 aliphatic rings. The first-order chi connectivity index (χ1) is 14.2. The first-order valence-electron chi connectivity index (χ1n) is 9.59. The van der Waals surface area contributed by atoms with Gasteiger partial charge in [-0.2, -0.15) is 0 Å². The third-order valence-corrected chi connectivity index (χ3v) is 5.06. The Morgan fingerprint density at radius 2 is 0.897 bits per heavy atom. The fraction of sp³-hybridized carbons (Fsp3) is 0.0741. The largest absolute Gasteiger partial charge is 0.298 e. The highest BCUT2D eigenvalue weighted by Gasteiger charge is 1.96. The zero-order valence-corrected chi connectivity index (χ0v) is 17.8. The van der Waals surface area contributed by atoms with Gasteiger partial charge in [0.15, 0.2) is 0 Å². The number of hydrogen-bond donors (Lipinski definition) is 0. The standard InChI is InChI=1S/C14H12O.C13H11Br/c15-11-14-8-6-13(7-9-14)10-12-4-2-1-3-5-12;14-13-8-6-12(7-9-13)10-11-4-2-1-3-5-11/h1-9,11H,10H2;1-9H,10H2. The molecule has 0 radical (unpaired) electrons. The molecule has 0 aromatic heterocycles. The van der Waals surface area contributed by atoms with E-state index in [9.17, 15) is 4.79 Å². The number of hydrogen-bond acceptors (Lipinski definition) is 1. The van der Waals surface area contributed by atoms with E-state index in [0.29, 0.717) is 0 Å². The van der Waals surface area contributed by atoms with Crippen molar-refractivity contribution in [3.8, 4) is 0 Å². The average Bonchev–Trinajstić information content (AvgIpc) is 2.78. The van der Waals surface area contributed by atoms with E-state index in [0.717, 1.165) is 29.2 Å². The van der Waals surface area contributed by atoms with Crippen LogP contribution in [0.25, 0.3) is 0 Å². The van der Waals surface area contributed by atoms with Crippen LogP contribution in [0.4, 0.5) is 0 Å². The molecule has 2 heteroatoms. The first kappa shape index (κ1) is 20.8. The predicted molar refractivity (Wildman–Crippen MR) is 124 cm³/mol. The molecule has 0 atom stereocenters. The summed E-state index contributed by atoms with van der Waals surface area (Å²) in [6, 6.07) is 37.0. The van der Waals surface area contributed by atoms with Crippen molar-refractivity contribution >= 4 is 22.2 Å². The third-order valence-electron chi connectivity index (χ3n) is 4.53. The fourth-order valence-electron chi connectivity index (χ4n) is 2.98. The smallest absolute Gasteiger partial charge is 0.150 e. The molecular formula is C27H23BrO. The summed E-state index contributed by atoms with van der Waals surface area (Å²) in [7, 11) is 0. The van der Waals surface area contributed by atoms with Crippen molar-refractivity contribution in [2.75, 3.05) is 0 Å². The maximum Gasteiger partial charge on any atom is 0.150 e. The Morgan fingerprint density at radius 1 is 0.517 bits per heavy atom. The summed E-state index contributed by atoms with van der Waals surface area (Å²) in [5.41, 5.74) is 5.95. The van der Waals surface area contributed by atoms with Crippen LogP contribution in [0.3, 0.4) is 0 Å². The highest BCUT2D eigenvalue weighted by molar-refractivity contribution is 9.10. The molecule has 0 spiro atoms. The van der Waals surface area contributed by atoms with Gasteiger partial charge in [-0.25, -0.2) is 0 Å². The second kappa shape index (κ2) is 11.1. The van der Waals surface area contributed by atoms with Crippen LogP contribution < -0.4 is 0 Å². The Morgan fingerprint density at radius 3 is 1.31 bits per heavy atom. The molecule has 4 rings (SSSR count). The zero-order chi connectivity index (χ0) is 20.3. The first-order valence-corrected chi connectivity index (χ1v) is 10.4. The lowest BCUT2D eigenvalue weighted by Crippen LogP contribution is -1.88. The molecule has 0 aliphatic carbocycles. The van der Waals surface area contributed by atoms with E-state index in [2.05, 4.69) is 76.6 Å². The molecule has 0 saturated carbocycles. The van der Waals surface area contributed by atoms with Crippen LogP contribution in [0.1, 0.15) is 32.6 Å². The van der Waals surface area contributed by atoms with Crippen molar-refractivity contribution in [2.45, 2.75) is 12.8 Å². The molecule has 0 heterocycles. The molecule has 144 valence electrons. The summed E-state index contributed by atoms with van der Waals surface area (Å²) in [4.78, 5) is 10.5. The number of carbonyl (C=O) groups excluding carboxylic acids is 1. The molecule has 0 amide bonds. The van der Waals surface area contributed by atoms with Crippen molar-refractivity contribution in [2.24, 2.45) is 0 Å². The fourth-order valence-corrected chi connectivity index (χ4v) is 3.24. The summed E-state index contributed by atoms with van der Waals surface area (Å²) in [6.45, 7) is 0. The minimum Gasteiger partial charge on any atom is -0.298 e. The van der Waals surface area contributed by atoms with Gasteiger partial charge in [-0.1, -0.05) is 113 Å². The monoisotopic (exact) mass is 442 g/mol. The van der Waals surface area contributed by atoms with Crippen molar-refractivity contribution in [3.05, 3.63) is 141 Å². The minimum absolute atomic E-state index is 0.729. The summed E-state index contributed by atoms with van der Waals surface area (Å²) in [5.74, 6) is 0. The van der Waals surface area contributed by atoms with Crippen LogP contribution in [-0.4, -0.2) is 6.29 Å². The van der Waals surface area contributed by atoms with Crippen LogP contribution in [0.15, 0.2) is 114 Å². The van der Waals surface area contributed by atoms with E-state index < -0.39 is 0 Å². The van der Waals surface area contributed by atoms with E-state index in [1.165, 1.54) is 22.3 Å². The van der Waals surface area contributed by atoms with Crippen molar-refractivity contribution < 1.29 is 4.79 Å². The van der Waals surface area contributed by atoms with E-state index >= 15 is 0 Å². The predicted octanol–water partition coefficient (Wildman–Crippen LogP) is 7.13. The highest BCUT2D eigenvalue weighted by atomic mass is 79.9. The van der Waals surface area contributed by atoms with Gasteiger partial charge in [0.25, 0.3) is 0 Å². The summed E-state index contributed by atoms with van der Waals surface area (Å²) >= 11 is 3.43. The van der Waals surface area contributed by atoms with Crippen LogP contribution in [0, 0.1) is 0 Å². The second-order valence-corrected chi connectivity index (χ2v) is 7.73. The van der Waals surface area contributed by atoms with Gasteiger partial charge >= 0.3 is 0 Å². The Labute approximate surface area is 181 Å². The Balaban J connectivity index is 0.000000166. The summed E-state index contributed by atoms with van der Waals surface area (Å²) in [6.07, 6.45) is 2.79. The highest BCUT2D eigenvalue weighted by Crippen LogP contribution is 2.14. The van der Waals surface area contributed by atoms with Crippen LogP contribution >= 0.6 is 15.9 Å². The number of carbonyl (C=O) groups is 1. The molecule has 0 unspecified atom stereocenters. The topological polar surface area (TPSA) is 17.1 Å². The van der Waals surface area contributed by atoms with Gasteiger partial charge < -0.3 is 0 Å². The summed E-state index contributed by atoms with van der Waals surface area (Å²) in [5, 5.41) is 0. The second-order valence-electron chi connectivity index (χ2n) is 6.81. The van der Waals surface area contributed by atoms with Crippen LogP contribution in [0.2, 0.25) is 0 Å². The van der Waals surface area contributed by atoms with Crippen molar-refractivity contribution in [1.29, 1.82) is 0 Å². The molecule has 29 heavy (non-hydrogen) atoms. The SMILES string of the molecule is Brc1ccc(Cc2ccccc2)cc1.O=Cc1ccc(Cc2ccccc2)cc1. The Hall–Kier alpha value is -2.97. The van der Waals surface area contributed by atoms with Gasteiger partial charge in [0.1, 0.15) is 6.29 Å². The number of rotatable bonds is 5. The van der Waals surface area contributed by atoms with Gasteiger partial charge in [0.2, 0.25) is 0 Å². The van der Waals surface area contributed by atoms with Crippen LogP contribution in [0.5, 0.6) is 0 Å². The molecule has 0 fully saturated rings. The molecule has 4 aromatic carbocycles. The minimum atomic E-state index is 0.729. The normalized spacial score (nSPS) is 9.97. The van der Waals surface area contributed by atoms with Crippen molar-refractivity contribution in [3.63, 3.8) is 0 Å². The number of halogens is 1. The maximum atomic E-state index is 10.5. The number of benzene rings is 4. The van der Waals surface area contributed by atoms with Gasteiger partial charge in [0, 0.05) is 10.0 Å². The maximum absolute atomic E-state index is 10.5. The molecular weight excluding hydrogens is 420 g/mol. The molecule has 4 aromatic rings. The third kappa shape index (κ3) is 7.17. The lowest BCUT2D eigenvalue weighted by molar-refractivity contribution is 0.112. The van der Waals surface area contributed by atoms with Gasteiger partial charge in [-0.3, -0.25) is 4.79 Å². The zero-order valence-electron chi connectivity index (χ0n) is 16.2. The average molecular weight is 443 g/mol. The van der Waals surface area contributed by atoms with E-state index in [1.54, 1.807) is 0 Å². The van der Waals surface area contributed by atoms with Gasteiger partial charge in [-0.15, -0.1) is 0 Å². The Bertz CT molecular complexity index is 992. The lowest BCUT2D eigenvalue weighted by Gasteiger charge is -2.01. The molecule has 0 aliphatic heterocycles. The lowest BCUT2D eigenvalue weighted by atomic mass is 10.0. The Kier molecular flexibility index (Phi) is 7.97. The van der Waals surface area contributed by atoms with Crippen molar-refractivity contribution in [1.82, 2.24) is 0 Å². The van der Waals surface area contributed by atoms with Crippen LogP contribution in [-0.2, 0) is 12.8 Å². The molecule has 0 saturated heterocycles. The van der Waals surface area contributed by atoms with E-state index in [4.69, 9.17) is 0 Å². The summed E-state index contributed by atoms with van der Waals surface area (Å²) < 4.78 is 1.13. The number of aldehydes is 1. The molecule has 0 bridgehead atoms. The van der Waals surface area contributed by atoms with Gasteiger partial charge in [0.05, 0.1) is 0 Å². The quantitative estimate of drug-likeness (QED) is 0.300. The van der Waals surface area contributed by atoms with E-state index in [1.807, 2.05) is 48.5 Å². The van der Waals surface area contributed by atoms with E-state index in [-0.39, 0.29) is 0 Å². The molecule has 0 N–H and O–H groups in total.